The quantitative estimate of drug-likeness (QED) is 0.485. The average Bonchev–Trinajstić information content (AvgIpc) is 2.82. The zero-order chi connectivity index (χ0) is 14.2. The zero-order valence-corrected chi connectivity index (χ0v) is 10.4. The first-order valence-electron chi connectivity index (χ1n) is 5.24. The lowest BCUT2D eigenvalue weighted by molar-refractivity contribution is -0.402. The smallest absolute Gasteiger partial charge is 0.404 e. The monoisotopic (exact) mass is 287 g/mol. The van der Waals surface area contributed by atoms with E-state index in [1.165, 1.54) is 13.0 Å². The standard InChI is InChI=1S/C12H8ClF2NO3/c1-6-4-9(15)7(5-8(6)14)12(13)10-2-3-11(19-10)16(17)18/h2-5,12H,1H3. The summed E-state index contributed by atoms with van der Waals surface area (Å²) in [5.74, 6) is -1.83. The third-order valence-electron chi connectivity index (χ3n) is 2.59. The molecule has 1 aromatic heterocycles. The lowest BCUT2D eigenvalue weighted by Gasteiger charge is -2.09. The van der Waals surface area contributed by atoms with Crippen LogP contribution < -0.4 is 0 Å². The number of benzene rings is 1. The topological polar surface area (TPSA) is 56.3 Å². The number of rotatable bonds is 3. The summed E-state index contributed by atoms with van der Waals surface area (Å²) in [6.45, 7) is 1.42. The second-order valence-electron chi connectivity index (χ2n) is 3.92. The van der Waals surface area contributed by atoms with Gasteiger partial charge < -0.3 is 4.42 Å². The molecule has 0 amide bonds. The maximum Gasteiger partial charge on any atom is 0.433 e. The van der Waals surface area contributed by atoms with Crippen LogP contribution in [0.25, 0.3) is 0 Å². The fourth-order valence-corrected chi connectivity index (χ4v) is 1.87. The summed E-state index contributed by atoms with van der Waals surface area (Å²) >= 11 is 5.96. The van der Waals surface area contributed by atoms with Gasteiger partial charge in [0.05, 0.1) is 6.07 Å². The molecule has 1 aromatic carbocycles. The van der Waals surface area contributed by atoms with E-state index in [2.05, 4.69) is 0 Å². The van der Waals surface area contributed by atoms with E-state index < -0.39 is 27.8 Å². The number of nitrogens with zero attached hydrogens (tertiary/aromatic N) is 1. The van der Waals surface area contributed by atoms with Crippen molar-refractivity contribution in [3.05, 3.63) is 62.9 Å². The molecule has 100 valence electrons. The Morgan fingerprint density at radius 2 is 2.00 bits per heavy atom. The SMILES string of the molecule is Cc1cc(F)c(C(Cl)c2ccc([N+](=O)[O-])o2)cc1F. The Balaban J connectivity index is 2.40. The van der Waals surface area contributed by atoms with Gasteiger partial charge in [-0.2, -0.15) is 0 Å². The van der Waals surface area contributed by atoms with Crippen molar-refractivity contribution in [2.45, 2.75) is 12.3 Å². The Morgan fingerprint density at radius 1 is 1.32 bits per heavy atom. The molecule has 0 bridgehead atoms. The number of furan rings is 1. The van der Waals surface area contributed by atoms with Gasteiger partial charge in [0, 0.05) is 5.56 Å². The molecule has 0 radical (unpaired) electrons. The molecule has 0 spiro atoms. The van der Waals surface area contributed by atoms with Crippen LogP contribution in [0.1, 0.15) is 22.3 Å². The van der Waals surface area contributed by atoms with Gasteiger partial charge in [-0.1, -0.05) is 0 Å². The van der Waals surface area contributed by atoms with Gasteiger partial charge in [0.25, 0.3) is 0 Å². The Morgan fingerprint density at radius 3 is 2.58 bits per heavy atom. The minimum Gasteiger partial charge on any atom is -0.404 e. The van der Waals surface area contributed by atoms with Crippen molar-refractivity contribution < 1.29 is 18.1 Å². The average molecular weight is 288 g/mol. The van der Waals surface area contributed by atoms with Gasteiger partial charge in [-0.25, -0.2) is 8.78 Å². The Kier molecular flexibility index (Phi) is 3.53. The first-order valence-corrected chi connectivity index (χ1v) is 5.67. The van der Waals surface area contributed by atoms with Crippen molar-refractivity contribution in [2.24, 2.45) is 0 Å². The highest BCUT2D eigenvalue weighted by Gasteiger charge is 2.23. The molecule has 0 N–H and O–H groups in total. The van der Waals surface area contributed by atoms with E-state index in [1.807, 2.05) is 0 Å². The van der Waals surface area contributed by atoms with E-state index in [1.54, 1.807) is 0 Å². The number of alkyl halides is 1. The van der Waals surface area contributed by atoms with Crippen molar-refractivity contribution in [3.63, 3.8) is 0 Å². The van der Waals surface area contributed by atoms with E-state index in [9.17, 15) is 18.9 Å². The minimum atomic E-state index is -1.14. The molecule has 0 saturated heterocycles. The minimum absolute atomic E-state index is 0.0180. The van der Waals surface area contributed by atoms with Crippen LogP contribution in [0.4, 0.5) is 14.7 Å². The second-order valence-corrected chi connectivity index (χ2v) is 4.36. The predicted molar refractivity (Wildman–Crippen MR) is 64.2 cm³/mol. The predicted octanol–water partition coefficient (Wildman–Crippen LogP) is 4.10. The van der Waals surface area contributed by atoms with E-state index >= 15 is 0 Å². The molecule has 0 aliphatic rings. The van der Waals surface area contributed by atoms with E-state index in [-0.39, 0.29) is 16.9 Å². The summed E-state index contributed by atoms with van der Waals surface area (Å²) in [5, 5.41) is 9.34. The number of nitro groups is 1. The van der Waals surface area contributed by atoms with Crippen LogP contribution >= 0.6 is 11.6 Å². The third kappa shape index (κ3) is 2.58. The van der Waals surface area contributed by atoms with Gasteiger partial charge in [0.1, 0.15) is 27.7 Å². The highest BCUT2D eigenvalue weighted by Crippen LogP contribution is 2.34. The summed E-state index contributed by atoms with van der Waals surface area (Å²) in [4.78, 5) is 9.74. The molecule has 2 aromatic rings. The van der Waals surface area contributed by atoms with Gasteiger partial charge in [0.2, 0.25) is 0 Å². The largest absolute Gasteiger partial charge is 0.433 e. The molecule has 0 fully saturated rings. The van der Waals surface area contributed by atoms with Crippen LogP contribution in [-0.4, -0.2) is 4.92 Å². The van der Waals surface area contributed by atoms with Crippen LogP contribution in [0.15, 0.2) is 28.7 Å². The van der Waals surface area contributed by atoms with Gasteiger partial charge in [-0.05, 0) is 30.7 Å². The Hall–Kier alpha value is -1.95. The first-order chi connectivity index (χ1) is 8.90. The van der Waals surface area contributed by atoms with Gasteiger partial charge >= 0.3 is 5.88 Å². The number of aryl methyl sites for hydroxylation is 1. The second kappa shape index (κ2) is 4.97. The fourth-order valence-electron chi connectivity index (χ4n) is 1.59. The maximum absolute atomic E-state index is 13.7. The van der Waals surface area contributed by atoms with Gasteiger partial charge in [0.15, 0.2) is 0 Å². The zero-order valence-electron chi connectivity index (χ0n) is 9.69. The van der Waals surface area contributed by atoms with E-state index in [4.69, 9.17) is 16.0 Å². The van der Waals surface area contributed by atoms with Crippen molar-refractivity contribution in [2.75, 3.05) is 0 Å². The highest BCUT2D eigenvalue weighted by atomic mass is 35.5. The molecule has 7 heteroatoms. The molecule has 0 aliphatic carbocycles. The molecule has 1 heterocycles. The molecule has 19 heavy (non-hydrogen) atoms. The number of halogens is 3. The first kappa shape index (κ1) is 13.5. The summed E-state index contributed by atoms with van der Waals surface area (Å²) in [7, 11) is 0. The van der Waals surface area contributed by atoms with E-state index in [0.29, 0.717) is 0 Å². The maximum atomic E-state index is 13.7. The van der Waals surface area contributed by atoms with Crippen molar-refractivity contribution in [1.29, 1.82) is 0 Å². The van der Waals surface area contributed by atoms with Crippen molar-refractivity contribution in [1.82, 2.24) is 0 Å². The molecule has 0 aliphatic heterocycles. The molecule has 4 nitrogen and oxygen atoms in total. The highest BCUT2D eigenvalue weighted by molar-refractivity contribution is 6.22. The molecule has 0 saturated carbocycles. The number of hydrogen-bond acceptors (Lipinski definition) is 3. The number of hydrogen-bond donors (Lipinski definition) is 0. The summed E-state index contributed by atoms with van der Waals surface area (Å²) < 4.78 is 32.0. The van der Waals surface area contributed by atoms with Crippen LogP contribution in [0, 0.1) is 28.7 Å². The molecular formula is C12H8ClF2NO3. The lowest BCUT2D eigenvalue weighted by atomic mass is 10.1. The van der Waals surface area contributed by atoms with Gasteiger partial charge in [-0.15, -0.1) is 11.6 Å². The van der Waals surface area contributed by atoms with Crippen molar-refractivity contribution >= 4 is 17.5 Å². The lowest BCUT2D eigenvalue weighted by Crippen LogP contribution is -1.99. The summed E-state index contributed by atoms with van der Waals surface area (Å²) in [5.41, 5.74) is 0.0181. The van der Waals surface area contributed by atoms with Crippen molar-refractivity contribution in [3.8, 4) is 0 Å². The third-order valence-corrected chi connectivity index (χ3v) is 3.04. The molecular weight excluding hydrogens is 280 g/mol. The van der Waals surface area contributed by atoms with E-state index in [0.717, 1.165) is 18.2 Å². The fraction of sp³-hybridized carbons (Fsp3) is 0.167. The molecule has 1 atom stereocenters. The summed E-state index contributed by atoms with van der Waals surface area (Å²) in [6.07, 6.45) is 0. The normalized spacial score (nSPS) is 12.4. The van der Waals surface area contributed by atoms with Crippen LogP contribution in [0.2, 0.25) is 0 Å². The molecule has 1 unspecified atom stereocenters. The van der Waals surface area contributed by atoms with Crippen LogP contribution in [0.5, 0.6) is 0 Å². The van der Waals surface area contributed by atoms with Gasteiger partial charge in [-0.3, -0.25) is 10.1 Å². The Labute approximate surface area is 111 Å². The van der Waals surface area contributed by atoms with Crippen LogP contribution in [0.3, 0.4) is 0 Å². The summed E-state index contributed by atoms with van der Waals surface area (Å²) in [6, 6.07) is 4.33. The molecule has 2 rings (SSSR count). The Bertz CT molecular complexity index is 642. The van der Waals surface area contributed by atoms with Crippen LogP contribution in [-0.2, 0) is 0 Å².